The Hall–Kier alpha value is -0.860. The predicted molar refractivity (Wildman–Crippen MR) is 61.7 cm³/mol. The maximum atomic E-state index is 10.2. The zero-order valence-electron chi connectivity index (χ0n) is 8.45. The second-order valence-corrected chi connectivity index (χ2v) is 4.69. The summed E-state index contributed by atoms with van der Waals surface area (Å²) in [5.74, 6) is 0. The summed E-state index contributed by atoms with van der Waals surface area (Å²) in [6, 6.07) is 8.20. The average molecular weight is 206 g/mol. The van der Waals surface area contributed by atoms with Crippen LogP contribution < -0.4 is 0 Å². The Morgan fingerprint density at radius 2 is 2.14 bits per heavy atom. The zero-order chi connectivity index (χ0) is 10.2. The lowest BCUT2D eigenvalue weighted by Gasteiger charge is -2.22. The van der Waals surface area contributed by atoms with E-state index in [9.17, 15) is 5.11 Å². The molecule has 0 aliphatic rings. The molecule has 74 valence electrons. The van der Waals surface area contributed by atoms with Gasteiger partial charge >= 0.3 is 0 Å². The van der Waals surface area contributed by atoms with Gasteiger partial charge in [0.25, 0.3) is 0 Å². The van der Waals surface area contributed by atoms with Crippen molar-refractivity contribution in [3.63, 3.8) is 0 Å². The summed E-state index contributed by atoms with van der Waals surface area (Å²) in [7, 11) is 0. The van der Waals surface area contributed by atoms with Gasteiger partial charge in [-0.3, -0.25) is 0 Å². The largest absolute Gasteiger partial charge is 0.385 e. The van der Waals surface area contributed by atoms with Crippen molar-refractivity contribution in [1.82, 2.24) is 0 Å². The first kappa shape index (κ1) is 9.69. The molecule has 1 N–H and O–H groups in total. The highest BCUT2D eigenvalue weighted by Crippen LogP contribution is 2.33. The molecule has 0 aliphatic heterocycles. The number of hydrogen-bond acceptors (Lipinski definition) is 2. The van der Waals surface area contributed by atoms with Crippen LogP contribution in [0.25, 0.3) is 10.1 Å². The van der Waals surface area contributed by atoms with Crippen molar-refractivity contribution in [2.24, 2.45) is 0 Å². The third kappa shape index (κ3) is 1.45. The fourth-order valence-corrected chi connectivity index (χ4v) is 2.65. The van der Waals surface area contributed by atoms with E-state index in [-0.39, 0.29) is 0 Å². The normalized spacial score (nSPS) is 15.6. The third-order valence-corrected chi connectivity index (χ3v) is 3.71. The minimum atomic E-state index is -0.704. The number of thiophene rings is 1. The molecule has 0 radical (unpaired) electrons. The monoisotopic (exact) mass is 206 g/mol. The number of aliphatic hydroxyl groups is 1. The highest BCUT2D eigenvalue weighted by Gasteiger charge is 2.22. The summed E-state index contributed by atoms with van der Waals surface area (Å²) in [6.07, 6.45) is 0.740. The standard InChI is InChI=1S/C12H14OS/c1-3-12(2,13)10-6-4-5-9-7-8-14-11(9)10/h4-8,13H,3H2,1-2H3. The fraction of sp³-hybridized carbons (Fsp3) is 0.333. The molecule has 1 atom stereocenters. The van der Waals surface area contributed by atoms with E-state index in [1.54, 1.807) is 11.3 Å². The van der Waals surface area contributed by atoms with E-state index in [1.165, 1.54) is 10.1 Å². The number of fused-ring (bicyclic) bond motifs is 1. The second kappa shape index (κ2) is 3.37. The minimum Gasteiger partial charge on any atom is -0.385 e. The molecule has 1 aromatic heterocycles. The molecular formula is C12H14OS. The molecule has 0 fully saturated rings. The van der Waals surface area contributed by atoms with Gasteiger partial charge in [-0.15, -0.1) is 11.3 Å². The Kier molecular flexibility index (Phi) is 2.33. The molecule has 2 aromatic rings. The van der Waals surface area contributed by atoms with Crippen LogP contribution in [0.5, 0.6) is 0 Å². The first-order valence-electron chi connectivity index (χ1n) is 4.84. The quantitative estimate of drug-likeness (QED) is 0.797. The topological polar surface area (TPSA) is 20.2 Å². The molecule has 1 aromatic carbocycles. The second-order valence-electron chi connectivity index (χ2n) is 3.77. The van der Waals surface area contributed by atoms with Gasteiger partial charge in [-0.2, -0.15) is 0 Å². The molecule has 0 aliphatic carbocycles. The number of hydrogen-bond donors (Lipinski definition) is 1. The van der Waals surface area contributed by atoms with Gasteiger partial charge in [-0.05, 0) is 30.2 Å². The first-order chi connectivity index (χ1) is 6.65. The molecule has 1 nitrogen and oxygen atoms in total. The maximum Gasteiger partial charge on any atom is 0.0879 e. The molecule has 0 amide bonds. The van der Waals surface area contributed by atoms with Gasteiger partial charge in [0.05, 0.1) is 5.60 Å². The smallest absolute Gasteiger partial charge is 0.0879 e. The van der Waals surface area contributed by atoms with Crippen molar-refractivity contribution in [3.8, 4) is 0 Å². The van der Waals surface area contributed by atoms with Gasteiger partial charge < -0.3 is 5.11 Å². The lowest BCUT2D eigenvalue weighted by molar-refractivity contribution is 0.0548. The van der Waals surface area contributed by atoms with Crippen LogP contribution in [0.3, 0.4) is 0 Å². The molecule has 0 saturated carbocycles. The molecule has 2 heteroatoms. The van der Waals surface area contributed by atoms with Crippen molar-refractivity contribution >= 4 is 21.4 Å². The summed E-state index contributed by atoms with van der Waals surface area (Å²) < 4.78 is 1.21. The Morgan fingerprint density at radius 1 is 1.36 bits per heavy atom. The molecule has 0 bridgehead atoms. The van der Waals surface area contributed by atoms with Crippen LogP contribution in [-0.4, -0.2) is 5.11 Å². The number of rotatable bonds is 2. The van der Waals surface area contributed by atoms with E-state index in [0.717, 1.165) is 12.0 Å². The first-order valence-corrected chi connectivity index (χ1v) is 5.72. The Bertz CT molecular complexity index is 442. The van der Waals surface area contributed by atoms with Crippen molar-refractivity contribution in [2.45, 2.75) is 25.9 Å². The Labute approximate surface area is 88.0 Å². The summed E-state index contributed by atoms with van der Waals surface area (Å²) in [6.45, 7) is 3.88. The summed E-state index contributed by atoms with van der Waals surface area (Å²) in [5.41, 5.74) is 0.345. The fourth-order valence-electron chi connectivity index (χ4n) is 1.61. The van der Waals surface area contributed by atoms with E-state index in [4.69, 9.17) is 0 Å². The van der Waals surface area contributed by atoms with Crippen LogP contribution in [0.15, 0.2) is 29.6 Å². The van der Waals surface area contributed by atoms with Crippen LogP contribution in [0.1, 0.15) is 25.8 Å². The molecule has 2 rings (SSSR count). The molecule has 0 saturated heterocycles. The van der Waals surface area contributed by atoms with Crippen LogP contribution in [0.4, 0.5) is 0 Å². The highest BCUT2D eigenvalue weighted by molar-refractivity contribution is 7.17. The van der Waals surface area contributed by atoms with Gasteiger partial charge in [-0.1, -0.05) is 25.1 Å². The van der Waals surface area contributed by atoms with Crippen molar-refractivity contribution in [3.05, 3.63) is 35.2 Å². The van der Waals surface area contributed by atoms with E-state index < -0.39 is 5.60 Å². The van der Waals surface area contributed by atoms with E-state index >= 15 is 0 Å². The van der Waals surface area contributed by atoms with E-state index in [0.29, 0.717) is 0 Å². The lowest BCUT2D eigenvalue weighted by atomic mass is 9.93. The SMILES string of the molecule is CCC(C)(O)c1cccc2ccsc12. The van der Waals surface area contributed by atoms with Gasteiger partial charge in [-0.25, -0.2) is 0 Å². The summed E-state index contributed by atoms with van der Waals surface area (Å²) >= 11 is 1.70. The Balaban J connectivity index is 2.67. The predicted octanol–water partition coefficient (Wildman–Crippen LogP) is 3.52. The van der Waals surface area contributed by atoms with Crippen molar-refractivity contribution in [2.75, 3.05) is 0 Å². The van der Waals surface area contributed by atoms with Crippen molar-refractivity contribution in [1.29, 1.82) is 0 Å². The number of benzene rings is 1. The van der Waals surface area contributed by atoms with E-state index in [2.05, 4.69) is 17.5 Å². The summed E-state index contributed by atoms with van der Waals surface area (Å²) in [4.78, 5) is 0. The van der Waals surface area contributed by atoms with Crippen LogP contribution >= 0.6 is 11.3 Å². The lowest BCUT2D eigenvalue weighted by Crippen LogP contribution is -2.19. The molecule has 0 spiro atoms. The van der Waals surface area contributed by atoms with Gasteiger partial charge in [0.2, 0.25) is 0 Å². The zero-order valence-corrected chi connectivity index (χ0v) is 9.27. The van der Waals surface area contributed by atoms with Gasteiger partial charge in [0, 0.05) is 10.3 Å². The van der Waals surface area contributed by atoms with Crippen molar-refractivity contribution < 1.29 is 5.11 Å². The summed E-state index contributed by atoms with van der Waals surface area (Å²) in [5, 5.41) is 13.5. The third-order valence-electron chi connectivity index (χ3n) is 2.75. The van der Waals surface area contributed by atoms with Crippen LogP contribution in [0, 0.1) is 0 Å². The molecular weight excluding hydrogens is 192 g/mol. The maximum absolute atomic E-state index is 10.2. The van der Waals surface area contributed by atoms with Gasteiger partial charge in [0.15, 0.2) is 0 Å². The van der Waals surface area contributed by atoms with Crippen LogP contribution in [0.2, 0.25) is 0 Å². The van der Waals surface area contributed by atoms with Gasteiger partial charge in [0.1, 0.15) is 0 Å². The molecule has 1 heterocycles. The minimum absolute atomic E-state index is 0.704. The van der Waals surface area contributed by atoms with E-state index in [1.807, 2.05) is 26.0 Å². The Morgan fingerprint density at radius 3 is 2.86 bits per heavy atom. The molecule has 14 heavy (non-hydrogen) atoms. The molecule has 1 unspecified atom stereocenters. The highest BCUT2D eigenvalue weighted by atomic mass is 32.1. The average Bonchev–Trinajstić information content (AvgIpc) is 2.64. The van der Waals surface area contributed by atoms with Crippen LogP contribution in [-0.2, 0) is 5.60 Å².